The lowest BCUT2D eigenvalue weighted by molar-refractivity contribution is -0.132. The van der Waals surface area contributed by atoms with E-state index < -0.39 is 22.8 Å². The van der Waals surface area contributed by atoms with Crippen molar-refractivity contribution in [3.63, 3.8) is 0 Å². The van der Waals surface area contributed by atoms with Crippen molar-refractivity contribution < 1.29 is 17.8 Å². The smallest absolute Gasteiger partial charge is 0.226 e. The lowest BCUT2D eigenvalue weighted by atomic mass is 9.95. The van der Waals surface area contributed by atoms with Gasteiger partial charge in [0.2, 0.25) is 5.91 Å². The summed E-state index contributed by atoms with van der Waals surface area (Å²) < 4.78 is 46.3. The van der Waals surface area contributed by atoms with Gasteiger partial charge in [-0.25, -0.2) is 22.4 Å². The summed E-state index contributed by atoms with van der Waals surface area (Å²) in [5.74, 6) is -1.38. The van der Waals surface area contributed by atoms with E-state index >= 15 is 0 Å². The maximum absolute atomic E-state index is 14.4. The monoisotopic (exact) mass is 447 g/mol. The highest BCUT2D eigenvalue weighted by molar-refractivity contribution is 7.81. The fourth-order valence-corrected chi connectivity index (χ4v) is 5.11. The van der Waals surface area contributed by atoms with Gasteiger partial charge in [-0.05, 0) is 55.5 Å². The Morgan fingerprint density at radius 3 is 2.58 bits per heavy atom. The van der Waals surface area contributed by atoms with Gasteiger partial charge in [0.25, 0.3) is 0 Å². The van der Waals surface area contributed by atoms with Gasteiger partial charge in [-0.3, -0.25) is 4.79 Å². The Morgan fingerprint density at radius 1 is 1.10 bits per heavy atom. The third kappa shape index (κ3) is 4.86. The molecule has 5 nitrogen and oxygen atoms in total. The number of carbonyl (C=O) groups is 1. The Kier molecular flexibility index (Phi) is 6.79. The third-order valence-corrected chi connectivity index (χ3v) is 7.06. The van der Waals surface area contributed by atoms with Crippen LogP contribution in [0, 0.1) is 17.6 Å². The second-order valence-corrected chi connectivity index (χ2v) is 9.38. The van der Waals surface area contributed by atoms with Crippen LogP contribution in [0.2, 0.25) is 0 Å². The van der Waals surface area contributed by atoms with Gasteiger partial charge in [0, 0.05) is 25.0 Å². The topological polar surface area (TPSA) is 61.4 Å². The maximum Gasteiger partial charge on any atom is 0.226 e. The third-order valence-electron chi connectivity index (χ3n) is 6.14. The molecule has 1 amide bonds. The first-order chi connectivity index (χ1) is 15.0. The van der Waals surface area contributed by atoms with Crippen molar-refractivity contribution in [3.05, 3.63) is 59.7 Å². The quantitative estimate of drug-likeness (QED) is 0.712. The molecule has 0 aromatic heterocycles. The molecule has 1 aliphatic heterocycles. The van der Waals surface area contributed by atoms with E-state index in [1.165, 1.54) is 18.2 Å². The minimum absolute atomic E-state index is 0.0308. The molecule has 2 N–H and O–H groups in total. The van der Waals surface area contributed by atoms with Crippen LogP contribution in [-0.2, 0) is 16.0 Å². The van der Waals surface area contributed by atoms with E-state index in [4.69, 9.17) is 0 Å². The average molecular weight is 448 g/mol. The number of amides is 1. The summed E-state index contributed by atoms with van der Waals surface area (Å²) in [4.78, 5) is 15.1. The van der Waals surface area contributed by atoms with E-state index in [9.17, 15) is 17.8 Å². The fourth-order valence-electron chi connectivity index (χ4n) is 4.50. The molecule has 2 aromatic rings. The van der Waals surface area contributed by atoms with E-state index in [2.05, 4.69) is 9.44 Å². The zero-order chi connectivity index (χ0) is 22.0. The molecule has 1 aliphatic carbocycles. The van der Waals surface area contributed by atoms with Crippen molar-refractivity contribution in [3.8, 4) is 11.1 Å². The molecule has 2 fully saturated rings. The highest BCUT2D eigenvalue weighted by atomic mass is 32.2. The summed E-state index contributed by atoms with van der Waals surface area (Å²) in [5, 5.41) is 0. The lowest BCUT2D eigenvalue weighted by Crippen LogP contribution is -2.45. The van der Waals surface area contributed by atoms with E-state index in [1.807, 2.05) is 17.0 Å². The molecule has 0 bridgehead atoms. The van der Waals surface area contributed by atoms with Gasteiger partial charge >= 0.3 is 0 Å². The molecule has 1 heterocycles. The first-order valence-electron chi connectivity index (χ1n) is 10.7. The van der Waals surface area contributed by atoms with Crippen LogP contribution in [0.25, 0.3) is 11.1 Å². The molecule has 0 spiro atoms. The largest absolute Gasteiger partial charge is 0.341 e. The van der Waals surface area contributed by atoms with E-state index in [1.54, 1.807) is 19.2 Å². The molecule has 1 saturated carbocycles. The summed E-state index contributed by atoms with van der Waals surface area (Å²) in [6.07, 6.45) is 3.40. The van der Waals surface area contributed by atoms with E-state index in [0.29, 0.717) is 25.1 Å². The summed E-state index contributed by atoms with van der Waals surface area (Å²) in [5.41, 5.74) is 1.29. The van der Waals surface area contributed by atoms with Crippen LogP contribution in [0.3, 0.4) is 0 Å². The highest BCUT2D eigenvalue weighted by Crippen LogP contribution is 2.51. The van der Waals surface area contributed by atoms with Crippen molar-refractivity contribution in [1.82, 2.24) is 14.3 Å². The number of nitrogens with zero attached hydrogens (tertiary/aromatic N) is 1. The molecule has 4 unspecified atom stereocenters. The number of halogens is 2. The second-order valence-electron chi connectivity index (χ2n) is 8.20. The Balaban J connectivity index is 1.51. The minimum Gasteiger partial charge on any atom is -0.341 e. The van der Waals surface area contributed by atoms with Gasteiger partial charge in [0.15, 0.2) is 11.2 Å². The highest BCUT2D eigenvalue weighted by Gasteiger charge is 2.47. The van der Waals surface area contributed by atoms with Crippen LogP contribution in [0.15, 0.2) is 42.5 Å². The van der Waals surface area contributed by atoms with Crippen LogP contribution in [0.1, 0.15) is 37.2 Å². The van der Waals surface area contributed by atoms with Crippen LogP contribution >= 0.6 is 0 Å². The predicted molar refractivity (Wildman–Crippen MR) is 117 cm³/mol. The summed E-state index contributed by atoms with van der Waals surface area (Å²) >= 11 is -1.33. The molecule has 2 aliphatic rings. The number of nitrogens with one attached hydrogen (secondary N) is 2. The number of hydrogen-bond acceptors (Lipinski definition) is 2. The van der Waals surface area contributed by atoms with Gasteiger partial charge in [0.05, 0.1) is 5.56 Å². The SMILES string of the molecule is CNS(=O)NC1CCCCN(C(=O)C2CC2c2ccccc2-c2c(F)cccc2F)C1. The summed E-state index contributed by atoms with van der Waals surface area (Å²) in [6, 6.07) is 11.0. The van der Waals surface area contributed by atoms with Crippen LogP contribution in [0.5, 0.6) is 0 Å². The van der Waals surface area contributed by atoms with Crippen molar-refractivity contribution in [2.45, 2.75) is 37.6 Å². The number of benzene rings is 2. The van der Waals surface area contributed by atoms with Gasteiger partial charge in [0.1, 0.15) is 11.6 Å². The Hall–Kier alpha value is -2.16. The molecule has 4 atom stereocenters. The zero-order valence-corrected chi connectivity index (χ0v) is 18.3. The number of carbonyl (C=O) groups excluding carboxylic acids is 1. The molecule has 0 radical (unpaired) electrons. The van der Waals surface area contributed by atoms with Gasteiger partial charge in [-0.15, -0.1) is 0 Å². The number of rotatable bonds is 6. The van der Waals surface area contributed by atoms with Gasteiger partial charge in [-0.2, -0.15) is 0 Å². The lowest BCUT2D eigenvalue weighted by Gasteiger charge is -2.25. The summed E-state index contributed by atoms with van der Waals surface area (Å²) in [6.45, 7) is 1.19. The fraction of sp³-hybridized carbons (Fsp3) is 0.435. The second kappa shape index (κ2) is 9.54. The van der Waals surface area contributed by atoms with E-state index in [0.717, 1.165) is 24.8 Å². The molecule has 1 saturated heterocycles. The molecule has 4 rings (SSSR count). The Morgan fingerprint density at radius 2 is 1.84 bits per heavy atom. The standard InChI is InChI=1S/C23H27F2N3O2S/c1-26-31(30)27-15-7-4-5-12-28(14-15)23(29)19-13-18(19)16-8-2-3-9-17(16)22-20(24)10-6-11-21(22)25/h2-3,6,8-11,15,18-19,26-27H,4-5,7,12-14H2,1H3. The Bertz CT molecular complexity index is 967. The first kappa shape index (κ1) is 22.0. The van der Waals surface area contributed by atoms with Crippen molar-refractivity contribution in [2.24, 2.45) is 5.92 Å². The van der Waals surface area contributed by atoms with Crippen LogP contribution in [-0.4, -0.2) is 41.2 Å². The molecular formula is C23H27F2N3O2S. The average Bonchev–Trinajstić information content (AvgIpc) is 3.58. The Labute approximate surface area is 183 Å². The van der Waals surface area contributed by atoms with Gasteiger partial charge < -0.3 is 4.90 Å². The van der Waals surface area contributed by atoms with Crippen LogP contribution < -0.4 is 9.44 Å². The molecular weight excluding hydrogens is 420 g/mol. The molecule has 31 heavy (non-hydrogen) atoms. The van der Waals surface area contributed by atoms with Crippen molar-refractivity contribution in [1.29, 1.82) is 0 Å². The predicted octanol–water partition coefficient (Wildman–Crippen LogP) is 3.50. The summed E-state index contributed by atoms with van der Waals surface area (Å²) in [7, 11) is 1.62. The molecule has 166 valence electrons. The maximum atomic E-state index is 14.4. The normalized spacial score (nSPS) is 24.5. The molecule has 8 heteroatoms. The zero-order valence-electron chi connectivity index (χ0n) is 17.4. The van der Waals surface area contributed by atoms with E-state index in [-0.39, 0.29) is 29.3 Å². The first-order valence-corrected chi connectivity index (χ1v) is 11.8. The number of likely N-dealkylation sites (tertiary alicyclic amines) is 1. The molecule has 2 aromatic carbocycles. The van der Waals surface area contributed by atoms with Crippen molar-refractivity contribution in [2.75, 3.05) is 20.1 Å². The van der Waals surface area contributed by atoms with Crippen LogP contribution in [0.4, 0.5) is 8.78 Å². The minimum atomic E-state index is -1.33. The van der Waals surface area contributed by atoms with Gasteiger partial charge in [-0.1, -0.05) is 36.8 Å². The number of hydrogen-bond donors (Lipinski definition) is 2. The van der Waals surface area contributed by atoms with Crippen molar-refractivity contribution >= 4 is 17.1 Å².